The molecule has 3 rings (SSSR count). The van der Waals surface area contributed by atoms with E-state index in [0.29, 0.717) is 31.0 Å². The van der Waals surface area contributed by atoms with E-state index in [-0.39, 0.29) is 37.0 Å². The second-order valence-corrected chi connectivity index (χ2v) is 6.79. The SMILES string of the molecule is COCCCNC(=O)CN1C(=O)COc2ccc(C(=O)COc3ccccc3F)cc21. The van der Waals surface area contributed by atoms with Gasteiger partial charge in [-0.1, -0.05) is 12.1 Å². The van der Waals surface area contributed by atoms with Crippen LogP contribution in [0.2, 0.25) is 0 Å². The summed E-state index contributed by atoms with van der Waals surface area (Å²) in [7, 11) is 1.57. The van der Waals surface area contributed by atoms with Crippen molar-refractivity contribution >= 4 is 23.3 Å². The van der Waals surface area contributed by atoms with Gasteiger partial charge in [0.25, 0.3) is 5.91 Å². The minimum atomic E-state index is -0.567. The Labute approximate surface area is 178 Å². The van der Waals surface area contributed by atoms with Gasteiger partial charge in [0.15, 0.2) is 30.6 Å². The molecule has 0 saturated heterocycles. The Morgan fingerprint density at radius 3 is 2.81 bits per heavy atom. The smallest absolute Gasteiger partial charge is 0.265 e. The molecule has 0 fully saturated rings. The molecule has 0 spiro atoms. The molecule has 1 N–H and O–H groups in total. The van der Waals surface area contributed by atoms with E-state index >= 15 is 0 Å². The van der Waals surface area contributed by atoms with Gasteiger partial charge >= 0.3 is 0 Å². The zero-order chi connectivity index (χ0) is 22.2. The molecule has 0 unspecified atom stereocenters. The van der Waals surface area contributed by atoms with Crippen LogP contribution < -0.4 is 19.7 Å². The normalized spacial score (nSPS) is 12.7. The molecule has 0 saturated carbocycles. The van der Waals surface area contributed by atoms with Gasteiger partial charge in [-0.2, -0.15) is 0 Å². The number of ketones is 1. The van der Waals surface area contributed by atoms with Gasteiger partial charge in [0.2, 0.25) is 5.91 Å². The number of anilines is 1. The first-order valence-electron chi connectivity index (χ1n) is 9.73. The number of carbonyl (C=O) groups excluding carboxylic acids is 3. The number of amides is 2. The molecule has 1 aliphatic heterocycles. The molecule has 2 aromatic carbocycles. The minimum absolute atomic E-state index is 0.0286. The van der Waals surface area contributed by atoms with E-state index in [2.05, 4.69) is 5.32 Å². The van der Waals surface area contributed by atoms with Gasteiger partial charge in [0, 0.05) is 25.8 Å². The lowest BCUT2D eigenvalue weighted by molar-refractivity contribution is -0.125. The first-order chi connectivity index (χ1) is 15.0. The Morgan fingerprint density at radius 2 is 2.03 bits per heavy atom. The third-order valence-electron chi connectivity index (χ3n) is 4.57. The fraction of sp³-hybridized carbons (Fsp3) is 0.318. The topological polar surface area (TPSA) is 94.2 Å². The van der Waals surface area contributed by atoms with Crippen LogP contribution in [0.1, 0.15) is 16.8 Å². The largest absolute Gasteiger partial charge is 0.482 e. The monoisotopic (exact) mass is 430 g/mol. The number of nitrogens with zero attached hydrogens (tertiary/aromatic N) is 1. The molecule has 2 aromatic rings. The molecular weight excluding hydrogens is 407 g/mol. The number of hydrogen-bond donors (Lipinski definition) is 1. The van der Waals surface area contributed by atoms with Crippen molar-refractivity contribution in [1.82, 2.24) is 5.32 Å². The van der Waals surface area contributed by atoms with Gasteiger partial charge in [-0.3, -0.25) is 19.3 Å². The van der Waals surface area contributed by atoms with Crippen LogP contribution >= 0.6 is 0 Å². The molecule has 0 atom stereocenters. The van der Waals surface area contributed by atoms with Crippen molar-refractivity contribution in [2.24, 2.45) is 0 Å². The Bertz CT molecular complexity index is 965. The maximum absolute atomic E-state index is 13.7. The summed E-state index contributed by atoms with van der Waals surface area (Å²) in [5.74, 6) is -1.35. The second kappa shape index (κ2) is 10.5. The fourth-order valence-electron chi connectivity index (χ4n) is 2.98. The number of para-hydroxylation sites is 1. The Morgan fingerprint density at radius 1 is 1.23 bits per heavy atom. The lowest BCUT2D eigenvalue weighted by Crippen LogP contribution is -2.45. The molecule has 1 heterocycles. The predicted molar refractivity (Wildman–Crippen MR) is 110 cm³/mol. The van der Waals surface area contributed by atoms with Gasteiger partial charge < -0.3 is 19.5 Å². The lowest BCUT2D eigenvalue weighted by Gasteiger charge is -2.29. The summed E-state index contributed by atoms with van der Waals surface area (Å²) in [6, 6.07) is 10.3. The Hall–Kier alpha value is -3.46. The van der Waals surface area contributed by atoms with Crippen LogP contribution in [-0.2, 0) is 14.3 Å². The highest BCUT2D eigenvalue weighted by molar-refractivity contribution is 6.04. The summed E-state index contributed by atoms with van der Waals surface area (Å²) in [5, 5.41) is 2.72. The van der Waals surface area contributed by atoms with Crippen LogP contribution in [0.25, 0.3) is 0 Å². The third-order valence-corrected chi connectivity index (χ3v) is 4.57. The zero-order valence-electron chi connectivity index (χ0n) is 17.1. The number of hydrogen-bond acceptors (Lipinski definition) is 6. The molecular formula is C22H23FN2O6. The molecule has 8 nitrogen and oxygen atoms in total. The molecule has 2 amide bonds. The molecule has 1 aliphatic rings. The van der Waals surface area contributed by atoms with E-state index in [9.17, 15) is 18.8 Å². The first kappa shape index (κ1) is 22.2. The van der Waals surface area contributed by atoms with E-state index in [0.717, 1.165) is 0 Å². The summed E-state index contributed by atoms with van der Waals surface area (Å²) < 4.78 is 29.3. The van der Waals surface area contributed by atoms with Crippen LogP contribution in [0.5, 0.6) is 11.5 Å². The van der Waals surface area contributed by atoms with E-state index in [1.807, 2.05) is 0 Å². The molecule has 9 heteroatoms. The summed E-state index contributed by atoms with van der Waals surface area (Å²) in [4.78, 5) is 38.4. The van der Waals surface area contributed by atoms with Crippen LogP contribution in [-0.4, -0.2) is 57.6 Å². The lowest BCUT2D eigenvalue weighted by atomic mass is 10.1. The van der Waals surface area contributed by atoms with Crippen molar-refractivity contribution in [3.63, 3.8) is 0 Å². The van der Waals surface area contributed by atoms with E-state index in [1.54, 1.807) is 19.2 Å². The second-order valence-electron chi connectivity index (χ2n) is 6.79. The van der Waals surface area contributed by atoms with Crippen LogP contribution in [0.15, 0.2) is 42.5 Å². The summed E-state index contributed by atoms with van der Waals surface area (Å²) in [6.07, 6.45) is 0.649. The molecule has 31 heavy (non-hydrogen) atoms. The quantitative estimate of drug-likeness (QED) is 0.458. The van der Waals surface area contributed by atoms with Gasteiger partial charge in [0.1, 0.15) is 12.3 Å². The van der Waals surface area contributed by atoms with Crippen LogP contribution in [0.3, 0.4) is 0 Å². The van der Waals surface area contributed by atoms with Gasteiger partial charge in [-0.15, -0.1) is 0 Å². The first-order valence-corrected chi connectivity index (χ1v) is 9.73. The van der Waals surface area contributed by atoms with E-state index in [4.69, 9.17) is 14.2 Å². The highest BCUT2D eigenvalue weighted by Gasteiger charge is 2.28. The van der Waals surface area contributed by atoms with Crippen molar-refractivity contribution < 1.29 is 33.0 Å². The fourth-order valence-corrected chi connectivity index (χ4v) is 2.98. The number of benzene rings is 2. The standard InChI is InChI=1S/C22H23FN2O6/c1-29-10-4-9-24-21(27)12-25-17-11-15(7-8-20(17)31-14-22(25)28)18(26)13-30-19-6-3-2-5-16(19)23/h2-3,5-8,11H,4,9-10,12-14H2,1H3,(H,24,27). The maximum atomic E-state index is 13.7. The number of halogens is 1. The van der Waals surface area contributed by atoms with E-state index < -0.39 is 17.5 Å². The predicted octanol–water partition coefficient (Wildman–Crippen LogP) is 1.97. The summed E-state index contributed by atoms with van der Waals surface area (Å²) in [6.45, 7) is 0.150. The number of ether oxygens (including phenoxy) is 3. The summed E-state index contributed by atoms with van der Waals surface area (Å²) >= 11 is 0. The number of rotatable bonds is 10. The Kier molecular flexibility index (Phi) is 7.55. The molecule has 0 bridgehead atoms. The van der Waals surface area contributed by atoms with E-state index in [1.165, 1.54) is 35.2 Å². The van der Waals surface area contributed by atoms with Gasteiger partial charge in [-0.05, 0) is 36.8 Å². The number of carbonyl (C=O) groups is 3. The average Bonchev–Trinajstić information content (AvgIpc) is 2.77. The zero-order valence-corrected chi connectivity index (χ0v) is 17.1. The minimum Gasteiger partial charge on any atom is -0.482 e. The molecule has 164 valence electrons. The molecule has 0 aliphatic carbocycles. The third kappa shape index (κ3) is 5.79. The Balaban J connectivity index is 1.69. The van der Waals surface area contributed by atoms with Crippen molar-refractivity contribution in [2.45, 2.75) is 6.42 Å². The molecule has 0 aromatic heterocycles. The van der Waals surface area contributed by atoms with Crippen molar-refractivity contribution in [1.29, 1.82) is 0 Å². The van der Waals surface area contributed by atoms with Crippen molar-refractivity contribution in [3.8, 4) is 11.5 Å². The molecule has 0 radical (unpaired) electrons. The number of nitrogens with one attached hydrogen (secondary N) is 1. The van der Waals surface area contributed by atoms with Crippen LogP contribution in [0, 0.1) is 5.82 Å². The summed E-state index contributed by atoms with van der Waals surface area (Å²) in [5.41, 5.74) is 0.568. The van der Waals surface area contributed by atoms with Gasteiger partial charge in [-0.25, -0.2) is 4.39 Å². The highest BCUT2D eigenvalue weighted by Crippen LogP contribution is 2.33. The number of methoxy groups -OCH3 is 1. The van der Waals surface area contributed by atoms with Crippen LogP contribution in [0.4, 0.5) is 10.1 Å². The van der Waals surface area contributed by atoms with Crippen molar-refractivity contribution in [3.05, 3.63) is 53.8 Å². The van der Waals surface area contributed by atoms with Gasteiger partial charge in [0.05, 0.1) is 5.69 Å². The van der Waals surface area contributed by atoms with Crippen molar-refractivity contribution in [2.75, 3.05) is 44.9 Å². The maximum Gasteiger partial charge on any atom is 0.265 e. The number of Topliss-reactive ketones (excluding diaryl/α,β-unsaturated/α-hetero) is 1. The average molecular weight is 430 g/mol. The number of fused-ring (bicyclic) bond motifs is 1. The highest BCUT2D eigenvalue weighted by atomic mass is 19.1.